The van der Waals surface area contributed by atoms with Crippen molar-refractivity contribution < 1.29 is 14.6 Å². The highest BCUT2D eigenvalue weighted by Crippen LogP contribution is 2.26. The highest BCUT2D eigenvalue weighted by Gasteiger charge is 2.22. The Labute approximate surface area is 127 Å². The summed E-state index contributed by atoms with van der Waals surface area (Å²) in [4.78, 5) is 19.7. The predicted molar refractivity (Wildman–Crippen MR) is 81.7 cm³/mol. The Bertz CT molecular complexity index is 667. The van der Waals surface area contributed by atoms with Crippen LogP contribution in [-0.2, 0) is 16.1 Å². The van der Waals surface area contributed by atoms with Crippen molar-refractivity contribution >= 4 is 28.9 Å². The van der Waals surface area contributed by atoms with E-state index in [1.165, 1.54) is 11.8 Å². The number of aromatic nitrogens is 3. The molecule has 0 saturated heterocycles. The molecule has 0 bridgehead atoms. The molecule has 0 unspecified atom stereocenters. The van der Waals surface area contributed by atoms with Crippen LogP contribution in [0.25, 0.3) is 11.2 Å². The molecule has 0 spiro atoms. The van der Waals surface area contributed by atoms with Crippen molar-refractivity contribution in [3.8, 4) is 0 Å². The van der Waals surface area contributed by atoms with Gasteiger partial charge in [-0.3, -0.25) is 4.79 Å². The maximum Gasteiger partial charge on any atom is 0.313 e. The van der Waals surface area contributed by atoms with Gasteiger partial charge in [-0.25, -0.2) is 9.97 Å². The Balaban J connectivity index is 2.46. The summed E-state index contributed by atoms with van der Waals surface area (Å²) < 4.78 is 7.38. The standard InChI is InChI=1S/C14H19N3O3S/c1-9-5-10-12(15-6-9)17(8-14(2,3)20-4)13(16-10)21-7-11(18)19/h5-6H,7-8H2,1-4H3,(H,18,19). The zero-order valence-corrected chi connectivity index (χ0v) is 13.4. The molecule has 7 heteroatoms. The van der Waals surface area contributed by atoms with Crippen molar-refractivity contribution in [2.45, 2.75) is 38.1 Å². The quantitative estimate of drug-likeness (QED) is 0.825. The Morgan fingerprint density at radius 2 is 2.24 bits per heavy atom. The van der Waals surface area contributed by atoms with Crippen molar-refractivity contribution in [1.82, 2.24) is 14.5 Å². The van der Waals surface area contributed by atoms with Gasteiger partial charge in [-0.15, -0.1) is 0 Å². The summed E-state index contributed by atoms with van der Waals surface area (Å²) >= 11 is 1.19. The summed E-state index contributed by atoms with van der Waals surface area (Å²) in [6.45, 7) is 6.45. The van der Waals surface area contributed by atoms with Gasteiger partial charge in [0.15, 0.2) is 10.8 Å². The molecule has 21 heavy (non-hydrogen) atoms. The maximum absolute atomic E-state index is 10.8. The highest BCUT2D eigenvalue weighted by atomic mass is 32.2. The summed E-state index contributed by atoms with van der Waals surface area (Å²) in [6.07, 6.45) is 1.78. The van der Waals surface area contributed by atoms with Gasteiger partial charge in [0.2, 0.25) is 0 Å². The lowest BCUT2D eigenvalue weighted by atomic mass is 10.1. The first kappa shape index (κ1) is 15.8. The van der Waals surface area contributed by atoms with Crippen LogP contribution in [0.5, 0.6) is 0 Å². The van der Waals surface area contributed by atoms with Crippen LogP contribution in [0.4, 0.5) is 0 Å². The number of imidazole rings is 1. The average Bonchev–Trinajstić information content (AvgIpc) is 2.73. The number of hydrogen-bond donors (Lipinski definition) is 1. The van der Waals surface area contributed by atoms with E-state index in [-0.39, 0.29) is 5.75 Å². The van der Waals surface area contributed by atoms with E-state index in [1.807, 2.05) is 31.4 Å². The molecule has 0 aliphatic rings. The second-order valence-corrected chi connectivity index (χ2v) is 6.42. The highest BCUT2D eigenvalue weighted by molar-refractivity contribution is 7.99. The van der Waals surface area contributed by atoms with E-state index in [0.717, 1.165) is 16.7 Å². The summed E-state index contributed by atoms with van der Waals surface area (Å²) in [5.74, 6) is -0.899. The summed E-state index contributed by atoms with van der Waals surface area (Å²) in [7, 11) is 1.65. The van der Waals surface area contributed by atoms with Crippen molar-refractivity contribution in [3.05, 3.63) is 17.8 Å². The van der Waals surface area contributed by atoms with Crippen LogP contribution >= 0.6 is 11.8 Å². The molecule has 2 rings (SSSR count). The zero-order chi connectivity index (χ0) is 15.6. The Morgan fingerprint density at radius 3 is 2.86 bits per heavy atom. The molecule has 0 aliphatic heterocycles. The molecular formula is C14H19N3O3S. The number of hydrogen-bond acceptors (Lipinski definition) is 5. The van der Waals surface area contributed by atoms with Gasteiger partial charge in [0.25, 0.3) is 0 Å². The molecular weight excluding hydrogens is 290 g/mol. The second-order valence-electron chi connectivity index (χ2n) is 5.48. The van der Waals surface area contributed by atoms with E-state index >= 15 is 0 Å². The van der Waals surface area contributed by atoms with Gasteiger partial charge in [0, 0.05) is 13.3 Å². The Hall–Kier alpha value is -1.60. The predicted octanol–water partition coefficient (Wildman–Crippen LogP) is 2.34. The fourth-order valence-corrected chi connectivity index (χ4v) is 2.64. The van der Waals surface area contributed by atoms with Crippen LogP contribution in [-0.4, -0.2) is 44.1 Å². The van der Waals surface area contributed by atoms with Gasteiger partial charge >= 0.3 is 5.97 Å². The third-order valence-corrected chi connectivity index (χ3v) is 4.06. The second kappa shape index (κ2) is 6.03. The number of carboxylic acids is 1. The van der Waals surface area contributed by atoms with Crippen LogP contribution in [0.3, 0.4) is 0 Å². The van der Waals surface area contributed by atoms with Crippen LogP contribution in [0.1, 0.15) is 19.4 Å². The number of rotatable bonds is 6. The Kier molecular flexibility index (Phi) is 4.53. The topological polar surface area (TPSA) is 77.2 Å². The number of aliphatic carboxylic acids is 1. The van der Waals surface area contributed by atoms with Crippen molar-refractivity contribution in [2.75, 3.05) is 12.9 Å². The van der Waals surface area contributed by atoms with Crippen LogP contribution in [0.15, 0.2) is 17.4 Å². The van der Waals surface area contributed by atoms with Crippen LogP contribution in [0, 0.1) is 6.92 Å². The minimum Gasteiger partial charge on any atom is -0.481 e. The molecule has 2 heterocycles. The lowest BCUT2D eigenvalue weighted by Gasteiger charge is -2.24. The van der Waals surface area contributed by atoms with E-state index < -0.39 is 11.6 Å². The maximum atomic E-state index is 10.8. The number of carboxylic acid groups (broad SMARTS) is 1. The van der Waals surface area contributed by atoms with Crippen molar-refractivity contribution in [1.29, 1.82) is 0 Å². The molecule has 0 radical (unpaired) electrons. The summed E-state index contributed by atoms with van der Waals surface area (Å²) in [6, 6.07) is 1.95. The summed E-state index contributed by atoms with van der Waals surface area (Å²) in [5, 5.41) is 9.51. The van der Waals surface area contributed by atoms with Gasteiger partial charge < -0.3 is 14.4 Å². The molecule has 6 nitrogen and oxygen atoms in total. The van der Waals surface area contributed by atoms with Gasteiger partial charge in [0.1, 0.15) is 5.52 Å². The number of aryl methyl sites for hydroxylation is 1. The zero-order valence-electron chi connectivity index (χ0n) is 12.6. The molecule has 0 fully saturated rings. The first-order valence-electron chi connectivity index (χ1n) is 6.55. The number of pyridine rings is 1. The molecule has 0 aliphatic carbocycles. The molecule has 1 N–H and O–H groups in total. The number of methoxy groups -OCH3 is 1. The average molecular weight is 309 g/mol. The van der Waals surface area contributed by atoms with E-state index in [9.17, 15) is 4.79 Å². The minimum absolute atomic E-state index is 0.0320. The first-order chi connectivity index (χ1) is 9.82. The summed E-state index contributed by atoms with van der Waals surface area (Å²) in [5.41, 5.74) is 2.15. The molecule has 0 aromatic carbocycles. The van der Waals surface area contributed by atoms with Gasteiger partial charge in [-0.05, 0) is 32.4 Å². The SMILES string of the molecule is COC(C)(C)Cn1c(SCC(=O)O)nc2cc(C)cnc21. The third kappa shape index (κ3) is 3.74. The fraction of sp³-hybridized carbons (Fsp3) is 0.500. The molecule has 114 valence electrons. The Morgan fingerprint density at radius 1 is 1.52 bits per heavy atom. The largest absolute Gasteiger partial charge is 0.481 e. The monoisotopic (exact) mass is 309 g/mol. The van der Waals surface area contributed by atoms with Crippen molar-refractivity contribution in [3.63, 3.8) is 0 Å². The molecule has 0 saturated carbocycles. The van der Waals surface area contributed by atoms with E-state index in [0.29, 0.717) is 11.7 Å². The van der Waals surface area contributed by atoms with Gasteiger partial charge in [-0.2, -0.15) is 0 Å². The third-order valence-electron chi connectivity index (χ3n) is 3.10. The van der Waals surface area contributed by atoms with Crippen LogP contribution in [0.2, 0.25) is 0 Å². The normalized spacial score (nSPS) is 12.0. The molecule has 0 atom stereocenters. The van der Waals surface area contributed by atoms with Gasteiger partial charge in [0.05, 0.1) is 17.9 Å². The molecule has 2 aromatic rings. The number of thioether (sulfide) groups is 1. The smallest absolute Gasteiger partial charge is 0.313 e. The van der Waals surface area contributed by atoms with Crippen molar-refractivity contribution in [2.24, 2.45) is 0 Å². The lowest BCUT2D eigenvalue weighted by molar-refractivity contribution is -0.133. The molecule has 0 amide bonds. The molecule has 2 aromatic heterocycles. The number of fused-ring (bicyclic) bond motifs is 1. The minimum atomic E-state index is -0.867. The van der Waals surface area contributed by atoms with E-state index in [4.69, 9.17) is 9.84 Å². The number of nitrogens with zero attached hydrogens (tertiary/aromatic N) is 3. The first-order valence-corrected chi connectivity index (χ1v) is 7.53. The van der Waals surface area contributed by atoms with Crippen LogP contribution < -0.4 is 0 Å². The fourth-order valence-electron chi connectivity index (χ4n) is 1.92. The number of ether oxygens (including phenoxy) is 1. The lowest BCUT2D eigenvalue weighted by Crippen LogP contribution is -2.29. The van der Waals surface area contributed by atoms with Gasteiger partial charge in [-0.1, -0.05) is 11.8 Å². The number of carbonyl (C=O) groups is 1. The van der Waals surface area contributed by atoms with E-state index in [1.54, 1.807) is 13.3 Å². The van der Waals surface area contributed by atoms with E-state index in [2.05, 4.69) is 9.97 Å².